The molecule has 0 saturated carbocycles. The Balaban J connectivity index is 2.29. The van der Waals surface area contributed by atoms with E-state index in [1.807, 2.05) is 23.8 Å². The number of carboxylic acids is 1. The Morgan fingerprint density at radius 2 is 2.22 bits per heavy atom. The van der Waals surface area contributed by atoms with Gasteiger partial charge in [0.25, 0.3) is 5.56 Å². The van der Waals surface area contributed by atoms with Crippen molar-refractivity contribution in [2.24, 2.45) is 0 Å². The van der Waals surface area contributed by atoms with Crippen LogP contribution in [0.5, 0.6) is 0 Å². The fraction of sp³-hybridized carbons (Fsp3) is 0.231. The molecule has 0 aromatic carbocycles. The number of carboxylic acid groups (broad SMARTS) is 1. The van der Waals surface area contributed by atoms with E-state index in [-0.39, 0.29) is 17.2 Å². The summed E-state index contributed by atoms with van der Waals surface area (Å²) in [6.45, 7) is 1.91. The van der Waals surface area contributed by atoms with Crippen molar-refractivity contribution in [2.75, 3.05) is 0 Å². The number of hydrogen-bond acceptors (Lipinski definition) is 3. The van der Waals surface area contributed by atoms with Gasteiger partial charge in [-0.3, -0.25) is 4.79 Å². The Labute approximate surface area is 108 Å². The lowest BCUT2D eigenvalue weighted by Gasteiger charge is -2.14. The molecule has 94 valence electrons. The van der Waals surface area contributed by atoms with Gasteiger partial charge >= 0.3 is 5.97 Å². The Bertz CT molecular complexity index is 601. The quantitative estimate of drug-likeness (QED) is 0.921. The van der Waals surface area contributed by atoms with Crippen molar-refractivity contribution in [3.05, 3.63) is 56.6 Å². The number of hydrogen-bond donors (Lipinski definition) is 1. The zero-order valence-corrected chi connectivity index (χ0v) is 10.7. The van der Waals surface area contributed by atoms with Crippen LogP contribution in [0.25, 0.3) is 0 Å². The Hall–Kier alpha value is -1.88. The van der Waals surface area contributed by atoms with Crippen LogP contribution in [0.3, 0.4) is 0 Å². The number of nitrogens with zero attached hydrogens (tertiary/aromatic N) is 1. The average molecular weight is 263 g/mol. The first-order valence-electron chi connectivity index (χ1n) is 5.54. The smallest absolute Gasteiger partial charge is 0.337 e. The molecule has 5 heteroatoms. The van der Waals surface area contributed by atoms with E-state index in [1.165, 1.54) is 22.9 Å². The third kappa shape index (κ3) is 2.68. The molecule has 2 heterocycles. The predicted molar refractivity (Wildman–Crippen MR) is 70.4 cm³/mol. The first-order chi connectivity index (χ1) is 8.58. The second-order valence-electron chi connectivity index (χ2n) is 4.15. The summed E-state index contributed by atoms with van der Waals surface area (Å²) in [6, 6.07) is 4.57. The second kappa shape index (κ2) is 5.18. The molecule has 2 aromatic heterocycles. The van der Waals surface area contributed by atoms with E-state index in [0.717, 1.165) is 5.56 Å². The van der Waals surface area contributed by atoms with Crippen molar-refractivity contribution in [1.29, 1.82) is 0 Å². The van der Waals surface area contributed by atoms with Crippen LogP contribution in [0.1, 0.15) is 28.9 Å². The van der Waals surface area contributed by atoms with Crippen molar-refractivity contribution in [1.82, 2.24) is 4.57 Å². The molecule has 0 spiro atoms. The number of rotatable bonds is 4. The van der Waals surface area contributed by atoms with Crippen LogP contribution in [0.2, 0.25) is 0 Å². The molecule has 1 unspecified atom stereocenters. The summed E-state index contributed by atoms with van der Waals surface area (Å²) in [5.74, 6) is -1.02. The zero-order valence-electron chi connectivity index (χ0n) is 9.87. The predicted octanol–water partition coefficient (Wildman–Crippen LogP) is 2.41. The van der Waals surface area contributed by atoms with E-state index < -0.39 is 5.97 Å². The monoisotopic (exact) mass is 263 g/mol. The van der Waals surface area contributed by atoms with Crippen LogP contribution in [-0.2, 0) is 6.42 Å². The van der Waals surface area contributed by atoms with Crippen LogP contribution in [-0.4, -0.2) is 15.6 Å². The molecule has 0 aliphatic rings. The first-order valence-corrected chi connectivity index (χ1v) is 6.49. The third-order valence-electron chi connectivity index (χ3n) is 2.77. The molecule has 0 amide bonds. The normalized spacial score (nSPS) is 12.3. The highest BCUT2D eigenvalue weighted by Crippen LogP contribution is 2.15. The number of aromatic nitrogens is 1. The van der Waals surface area contributed by atoms with Crippen molar-refractivity contribution in [2.45, 2.75) is 19.4 Å². The molecule has 0 bridgehead atoms. The number of carbonyl (C=O) groups is 1. The first kappa shape index (κ1) is 12.6. The van der Waals surface area contributed by atoms with Gasteiger partial charge in [-0.2, -0.15) is 11.3 Å². The minimum absolute atomic E-state index is 0.0635. The Kier molecular flexibility index (Phi) is 3.62. The van der Waals surface area contributed by atoms with E-state index in [1.54, 1.807) is 11.3 Å². The molecule has 1 N–H and O–H groups in total. The summed E-state index contributed by atoms with van der Waals surface area (Å²) in [4.78, 5) is 22.6. The molecule has 1 atom stereocenters. The molecule has 2 rings (SSSR count). The lowest BCUT2D eigenvalue weighted by atomic mass is 10.1. The van der Waals surface area contributed by atoms with E-state index >= 15 is 0 Å². The maximum Gasteiger partial charge on any atom is 0.337 e. The summed E-state index contributed by atoms with van der Waals surface area (Å²) in [6.07, 6.45) is 2.12. The molecule has 0 fully saturated rings. The van der Waals surface area contributed by atoms with Crippen LogP contribution in [0, 0.1) is 0 Å². The van der Waals surface area contributed by atoms with Gasteiger partial charge in [-0.1, -0.05) is 0 Å². The molecule has 2 aromatic rings. The van der Waals surface area contributed by atoms with Gasteiger partial charge in [0.1, 0.15) is 0 Å². The zero-order chi connectivity index (χ0) is 13.1. The van der Waals surface area contributed by atoms with Crippen LogP contribution in [0.4, 0.5) is 0 Å². The SMILES string of the molecule is CC(Cc1ccsc1)n1cc(C(=O)O)ccc1=O. The van der Waals surface area contributed by atoms with Crippen LogP contribution in [0.15, 0.2) is 40.0 Å². The van der Waals surface area contributed by atoms with Gasteiger partial charge in [0.05, 0.1) is 5.56 Å². The Morgan fingerprint density at radius 1 is 1.44 bits per heavy atom. The van der Waals surface area contributed by atoms with Gasteiger partial charge in [-0.15, -0.1) is 0 Å². The summed E-state index contributed by atoms with van der Waals surface area (Å²) in [5, 5.41) is 12.9. The van der Waals surface area contributed by atoms with E-state index in [4.69, 9.17) is 5.11 Å². The summed E-state index contributed by atoms with van der Waals surface area (Å²) >= 11 is 1.61. The third-order valence-corrected chi connectivity index (χ3v) is 3.50. The summed E-state index contributed by atoms with van der Waals surface area (Å²) in [5.41, 5.74) is 1.11. The lowest BCUT2D eigenvalue weighted by molar-refractivity contribution is 0.0695. The highest BCUT2D eigenvalue weighted by molar-refractivity contribution is 7.07. The molecule has 0 saturated heterocycles. The molecule has 4 nitrogen and oxygen atoms in total. The van der Waals surface area contributed by atoms with Crippen LogP contribution < -0.4 is 5.56 Å². The van der Waals surface area contributed by atoms with Gasteiger partial charge < -0.3 is 9.67 Å². The largest absolute Gasteiger partial charge is 0.478 e. The number of thiophene rings is 1. The maximum absolute atomic E-state index is 11.7. The highest BCUT2D eigenvalue weighted by Gasteiger charge is 2.11. The minimum atomic E-state index is -1.02. The van der Waals surface area contributed by atoms with Crippen molar-refractivity contribution in [3.8, 4) is 0 Å². The molecule has 0 aliphatic heterocycles. The van der Waals surface area contributed by atoms with Crippen molar-refractivity contribution in [3.63, 3.8) is 0 Å². The summed E-state index contributed by atoms with van der Waals surface area (Å²) in [7, 11) is 0. The topological polar surface area (TPSA) is 59.3 Å². The molecule has 0 radical (unpaired) electrons. The fourth-order valence-electron chi connectivity index (χ4n) is 1.82. The molecular weight excluding hydrogens is 250 g/mol. The summed E-state index contributed by atoms with van der Waals surface area (Å²) < 4.78 is 1.47. The van der Waals surface area contributed by atoms with E-state index in [9.17, 15) is 9.59 Å². The van der Waals surface area contributed by atoms with Crippen molar-refractivity contribution >= 4 is 17.3 Å². The Morgan fingerprint density at radius 3 is 2.83 bits per heavy atom. The van der Waals surface area contributed by atoms with Gasteiger partial charge in [-0.25, -0.2) is 4.79 Å². The molecule has 0 aliphatic carbocycles. The van der Waals surface area contributed by atoms with Gasteiger partial charge in [0.2, 0.25) is 0 Å². The minimum Gasteiger partial charge on any atom is -0.478 e. The lowest BCUT2D eigenvalue weighted by Crippen LogP contribution is -2.24. The molecule has 18 heavy (non-hydrogen) atoms. The molecular formula is C13H13NO3S. The fourth-order valence-corrected chi connectivity index (χ4v) is 2.50. The number of pyridine rings is 1. The number of aromatic carboxylic acids is 1. The highest BCUT2D eigenvalue weighted by atomic mass is 32.1. The van der Waals surface area contributed by atoms with E-state index in [2.05, 4.69) is 0 Å². The average Bonchev–Trinajstić information content (AvgIpc) is 2.81. The standard InChI is InChI=1S/C13H13NO3S/c1-9(6-10-4-5-18-8-10)14-7-11(13(16)17)2-3-12(14)15/h2-5,7-9H,6H2,1H3,(H,16,17). The maximum atomic E-state index is 11.7. The van der Waals surface area contributed by atoms with Gasteiger partial charge in [0, 0.05) is 18.3 Å². The van der Waals surface area contributed by atoms with Crippen LogP contribution >= 0.6 is 11.3 Å². The van der Waals surface area contributed by atoms with Crippen molar-refractivity contribution < 1.29 is 9.90 Å². The van der Waals surface area contributed by atoms with Gasteiger partial charge in [0.15, 0.2) is 0 Å². The van der Waals surface area contributed by atoms with Gasteiger partial charge in [-0.05, 0) is 41.8 Å². The second-order valence-corrected chi connectivity index (χ2v) is 4.93. The van der Waals surface area contributed by atoms with E-state index in [0.29, 0.717) is 6.42 Å².